The van der Waals surface area contributed by atoms with E-state index in [1.807, 2.05) is 37.4 Å². The van der Waals surface area contributed by atoms with Gasteiger partial charge in [0.1, 0.15) is 6.04 Å². The Hall–Kier alpha value is -1.55. The molecule has 0 saturated carbocycles. The van der Waals surface area contributed by atoms with Crippen molar-refractivity contribution in [1.29, 1.82) is 0 Å². The first-order valence-electron chi connectivity index (χ1n) is 5.57. The lowest BCUT2D eigenvalue weighted by Gasteiger charge is -2.36. The molecule has 16 heavy (non-hydrogen) atoms. The molecule has 2 rings (SSSR count). The number of piperazine rings is 1. The van der Waals surface area contributed by atoms with Gasteiger partial charge in [-0.3, -0.25) is 4.79 Å². The fourth-order valence-electron chi connectivity index (χ4n) is 2.04. The quantitative estimate of drug-likeness (QED) is 0.764. The van der Waals surface area contributed by atoms with Crippen LogP contribution in [0, 0.1) is 0 Å². The Morgan fingerprint density at radius 3 is 2.88 bits per heavy atom. The summed E-state index contributed by atoms with van der Waals surface area (Å²) in [6, 6.07) is 9.96. The number of para-hydroxylation sites is 1. The van der Waals surface area contributed by atoms with E-state index in [1.165, 1.54) is 0 Å². The number of nitrogens with zero attached hydrogens (tertiary/aromatic N) is 1. The average molecular weight is 219 g/mol. The van der Waals surface area contributed by atoms with Crippen LogP contribution in [-0.4, -0.2) is 38.6 Å². The van der Waals surface area contributed by atoms with Crippen LogP contribution in [0.25, 0.3) is 0 Å². The Bertz CT molecular complexity index is 353. The Balaban J connectivity index is 2.20. The summed E-state index contributed by atoms with van der Waals surface area (Å²) in [7, 11) is 1.87. The first kappa shape index (κ1) is 11.0. The van der Waals surface area contributed by atoms with Crippen LogP contribution in [0.3, 0.4) is 0 Å². The van der Waals surface area contributed by atoms with Crippen molar-refractivity contribution in [2.75, 3.05) is 31.6 Å². The molecule has 1 saturated heterocycles. The molecule has 0 spiro atoms. The standard InChI is InChI=1S/C12H17N3O/c1-13-9-11-12(16)14-7-8-15(11)10-5-3-2-4-6-10/h2-6,11,13H,7-9H2,1H3,(H,14,16). The molecule has 1 amide bonds. The monoisotopic (exact) mass is 219 g/mol. The van der Waals surface area contributed by atoms with Crippen LogP contribution in [0.15, 0.2) is 30.3 Å². The second-order valence-electron chi connectivity index (χ2n) is 3.89. The van der Waals surface area contributed by atoms with Gasteiger partial charge >= 0.3 is 0 Å². The van der Waals surface area contributed by atoms with Gasteiger partial charge in [-0.25, -0.2) is 0 Å². The number of nitrogens with one attached hydrogen (secondary N) is 2. The highest BCUT2D eigenvalue weighted by molar-refractivity contribution is 5.86. The van der Waals surface area contributed by atoms with Gasteiger partial charge in [0.25, 0.3) is 0 Å². The molecule has 1 unspecified atom stereocenters. The van der Waals surface area contributed by atoms with Crippen molar-refractivity contribution < 1.29 is 4.79 Å². The molecule has 0 aliphatic carbocycles. The summed E-state index contributed by atoms with van der Waals surface area (Å²) in [5, 5.41) is 5.96. The highest BCUT2D eigenvalue weighted by Crippen LogP contribution is 2.17. The van der Waals surface area contributed by atoms with Gasteiger partial charge in [-0.15, -0.1) is 0 Å². The number of benzene rings is 1. The lowest BCUT2D eigenvalue weighted by molar-refractivity contribution is -0.123. The summed E-state index contributed by atoms with van der Waals surface area (Å²) in [5.41, 5.74) is 1.11. The summed E-state index contributed by atoms with van der Waals surface area (Å²) >= 11 is 0. The number of amides is 1. The zero-order chi connectivity index (χ0) is 11.4. The third kappa shape index (κ3) is 2.17. The zero-order valence-electron chi connectivity index (χ0n) is 9.44. The molecule has 2 N–H and O–H groups in total. The minimum Gasteiger partial charge on any atom is -0.357 e. The first-order chi connectivity index (χ1) is 7.83. The summed E-state index contributed by atoms with van der Waals surface area (Å²) in [4.78, 5) is 13.9. The molecule has 4 heteroatoms. The first-order valence-corrected chi connectivity index (χ1v) is 5.57. The average Bonchev–Trinajstić information content (AvgIpc) is 2.33. The van der Waals surface area contributed by atoms with Crippen LogP contribution in [0.4, 0.5) is 5.69 Å². The van der Waals surface area contributed by atoms with Crippen LogP contribution >= 0.6 is 0 Å². The number of anilines is 1. The lowest BCUT2D eigenvalue weighted by Crippen LogP contribution is -2.58. The molecule has 0 radical (unpaired) electrons. The fraction of sp³-hybridized carbons (Fsp3) is 0.417. The molecule has 1 aliphatic rings. The van der Waals surface area contributed by atoms with Gasteiger partial charge in [0, 0.05) is 25.3 Å². The maximum absolute atomic E-state index is 11.8. The summed E-state index contributed by atoms with van der Waals surface area (Å²) in [5.74, 6) is 0.101. The third-order valence-electron chi connectivity index (χ3n) is 2.82. The molecule has 0 aromatic heterocycles. The van der Waals surface area contributed by atoms with E-state index in [-0.39, 0.29) is 11.9 Å². The van der Waals surface area contributed by atoms with Crippen LogP contribution in [0.2, 0.25) is 0 Å². The smallest absolute Gasteiger partial charge is 0.244 e. The Morgan fingerprint density at radius 1 is 1.44 bits per heavy atom. The lowest BCUT2D eigenvalue weighted by atomic mass is 10.1. The minimum absolute atomic E-state index is 0.101. The van der Waals surface area contributed by atoms with Crippen LogP contribution in [0.1, 0.15) is 0 Å². The molecule has 1 heterocycles. The van der Waals surface area contributed by atoms with Crippen molar-refractivity contribution in [3.63, 3.8) is 0 Å². The predicted octanol–water partition coefficient (Wildman–Crippen LogP) is 0.211. The minimum atomic E-state index is -0.110. The van der Waals surface area contributed by atoms with E-state index >= 15 is 0 Å². The van der Waals surface area contributed by atoms with E-state index in [2.05, 4.69) is 15.5 Å². The second kappa shape index (κ2) is 4.99. The van der Waals surface area contributed by atoms with Crippen molar-refractivity contribution in [3.05, 3.63) is 30.3 Å². The summed E-state index contributed by atoms with van der Waals surface area (Å²) < 4.78 is 0. The highest BCUT2D eigenvalue weighted by Gasteiger charge is 2.28. The summed E-state index contributed by atoms with van der Waals surface area (Å²) in [6.07, 6.45) is 0. The molecule has 86 valence electrons. The topological polar surface area (TPSA) is 44.4 Å². The Labute approximate surface area is 95.6 Å². The van der Waals surface area contributed by atoms with Crippen molar-refractivity contribution in [2.24, 2.45) is 0 Å². The van der Waals surface area contributed by atoms with E-state index in [0.29, 0.717) is 13.1 Å². The van der Waals surface area contributed by atoms with Crippen molar-refractivity contribution in [2.45, 2.75) is 6.04 Å². The van der Waals surface area contributed by atoms with E-state index in [1.54, 1.807) is 0 Å². The van der Waals surface area contributed by atoms with E-state index < -0.39 is 0 Å². The van der Waals surface area contributed by atoms with Crippen LogP contribution in [0.5, 0.6) is 0 Å². The van der Waals surface area contributed by atoms with Gasteiger partial charge in [0.2, 0.25) is 5.91 Å². The second-order valence-corrected chi connectivity index (χ2v) is 3.89. The molecular weight excluding hydrogens is 202 g/mol. The molecule has 1 atom stereocenters. The molecule has 4 nitrogen and oxygen atoms in total. The normalized spacial score (nSPS) is 20.7. The maximum Gasteiger partial charge on any atom is 0.244 e. The number of rotatable bonds is 3. The van der Waals surface area contributed by atoms with Crippen LogP contribution < -0.4 is 15.5 Å². The van der Waals surface area contributed by atoms with Gasteiger partial charge in [-0.2, -0.15) is 0 Å². The molecule has 0 bridgehead atoms. The van der Waals surface area contributed by atoms with Crippen LogP contribution in [-0.2, 0) is 4.79 Å². The number of likely N-dealkylation sites (N-methyl/N-ethyl adjacent to an activating group) is 1. The van der Waals surface area contributed by atoms with E-state index in [9.17, 15) is 4.79 Å². The number of carbonyl (C=O) groups is 1. The van der Waals surface area contributed by atoms with Crippen molar-refractivity contribution in [1.82, 2.24) is 10.6 Å². The molecule has 1 fully saturated rings. The van der Waals surface area contributed by atoms with Gasteiger partial charge in [-0.1, -0.05) is 18.2 Å². The molecular formula is C12H17N3O. The number of carbonyl (C=O) groups excluding carboxylic acids is 1. The molecule has 1 aromatic rings. The van der Waals surface area contributed by atoms with Gasteiger partial charge in [0.05, 0.1) is 0 Å². The van der Waals surface area contributed by atoms with Gasteiger partial charge in [0.15, 0.2) is 0 Å². The predicted molar refractivity (Wildman–Crippen MR) is 64.5 cm³/mol. The summed E-state index contributed by atoms with van der Waals surface area (Å²) in [6.45, 7) is 2.25. The van der Waals surface area contributed by atoms with Gasteiger partial charge in [-0.05, 0) is 19.2 Å². The van der Waals surface area contributed by atoms with Crippen molar-refractivity contribution in [3.8, 4) is 0 Å². The largest absolute Gasteiger partial charge is 0.357 e. The number of hydrogen-bond acceptors (Lipinski definition) is 3. The van der Waals surface area contributed by atoms with E-state index in [4.69, 9.17) is 0 Å². The van der Waals surface area contributed by atoms with Crippen molar-refractivity contribution >= 4 is 11.6 Å². The SMILES string of the molecule is CNCC1C(=O)NCCN1c1ccccc1. The fourth-order valence-corrected chi connectivity index (χ4v) is 2.04. The third-order valence-corrected chi connectivity index (χ3v) is 2.82. The molecule has 1 aliphatic heterocycles. The Morgan fingerprint density at radius 2 is 2.19 bits per heavy atom. The number of hydrogen-bond donors (Lipinski definition) is 2. The molecule has 1 aromatic carbocycles. The highest BCUT2D eigenvalue weighted by atomic mass is 16.2. The van der Waals surface area contributed by atoms with Gasteiger partial charge < -0.3 is 15.5 Å². The Kier molecular flexibility index (Phi) is 3.41. The van der Waals surface area contributed by atoms with E-state index in [0.717, 1.165) is 12.2 Å². The zero-order valence-corrected chi connectivity index (χ0v) is 9.44. The maximum atomic E-state index is 11.8.